The molecule has 0 aliphatic rings. The van der Waals surface area contributed by atoms with Gasteiger partial charge in [0, 0.05) is 6.54 Å². The first kappa shape index (κ1) is 16.1. The van der Waals surface area contributed by atoms with Crippen LogP contribution in [0.5, 0.6) is 0 Å². The van der Waals surface area contributed by atoms with E-state index in [-0.39, 0.29) is 19.0 Å². The third-order valence-corrected chi connectivity index (χ3v) is 3.50. The van der Waals surface area contributed by atoms with E-state index in [0.29, 0.717) is 30.6 Å². The zero-order chi connectivity index (χ0) is 14.3. The molecule has 0 heterocycles. The Bertz CT molecular complexity index is 501. The second-order valence-corrected chi connectivity index (χ2v) is 5.81. The normalized spacial score (nSPS) is 11.7. The molecule has 0 atom stereocenters. The van der Waals surface area contributed by atoms with Crippen molar-refractivity contribution < 1.29 is 23.2 Å². The number of aliphatic hydroxyl groups is 2. The van der Waals surface area contributed by atoms with Gasteiger partial charge in [-0.1, -0.05) is 18.2 Å². The van der Waals surface area contributed by atoms with Crippen LogP contribution < -0.4 is 5.32 Å². The lowest BCUT2D eigenvalue weighted by molar-refractivity contribution is 0.260. The van der Waals surface area contributed by atoms with E-state index in [2.05, 4.69) is 5.32 Å². The molecule has 108 valence electrons. The summed E-state index contributed by atoms with van der Waals surface area (Å²) in [5, 5.41) is 21.2. The monoisotopic (exact) mass is 289 g/mol. The molecule has 6 nitrogen and oxygen atoms in total. The van der Waals surface area contributed by atoms with Gasteiger partial charge in [-0.05, 0) is 29.7 Å². The Hall–Kier alpha value is -0.990. The molecule has 0 radical (unpaired) electrons. The lowest BCUT2D eigenvalue weighted by atomic mass is 10.0. The molecule has 0 fully saturated rings. The summed E-state index contributed by atoms with van der Waals surface area (Å²) in [4.78, 5) is 0. The first-order valence-electron chi connectivity index (χ1n) is 5.94. The van der Waals surface area contributed by atoms with E-state index < -0.39 is 10.1 Å². The molecule has 0 bridgehead atoms. The highest BCUT2D eigenvalue weighted by Crippen LogP contribution is 2.12. The van der Waals surface area contributed by atoms with Crippen molar-refractivity contribution in [1.29, 1.82) is 0 Å². The van der Waals surface area contributed by atoms with Gasteiger partial charge in [0.05, 0.1) is 19.0 Å². The van der Waals surface area contributed by atoms with Crippen LogP contribution in [0.4, 0.5) is 0 Å². The first-order valence-corrected chi connectivity index (χ1v) is 7.55. The molecule has 0 aromatic heterocycles. The molecule has 0 saturated heterocycles. The molecule has 19 heavy (non-hydrogen) atoms. The van der Waals surface area contributed by atoms with Crippen molar-refractivity contribution in [2.24, 2.45) is 0 Å². The summed E-state index contributed by atoms with van der Waals surface area (Å²) in [6.07, 6.45) is 0.334. The molecule has 7 heteroatoms. The van der Waals surface area contributed by atoms with Gasteiger partial charge in [0.2, 0.25) is 0 Å². The molecule has 0 unspecified atom stereocenters. The molecule has 1 aromatic carbocycles. The van der Waals surface area contributed by atoms with Crippen LogP contribution >= 0.6 is 0 Å². The van der Waals surface area contributed by atoms with E-state index in [4.69, 9.17) is 14.8 Å². The average Bonchev–Trinajstić information content (AvgIpc) is 2.36. The van der Waals surface area contributed by atoms with Crippen molar-refractivity contribution in [1.82, 2.24) is 5.32 Å². The molecule has 0 aliphatic heterocycles. The fourth-order valence-electron chi connectivity index (χ4n) is 1.70. The first-order chi connectivity index (χ1) is 8.96. The van der Waals surface area contributed by atoms with Crippen molar-refractivity contribution in [3.63, 3.8) is 0 Å². The summed E-state index contributed by atoms with van der Waals surface area (Å²) in [7, 11) is -3.89. The second kappa shape index (κ2) is 7.56. The topological polar surface area (TPSA) is 107 Å². The maximum atomic E-state index is 10.5. The number of aliphatic hydroxyl groups excluding tert-OH is 2. The molecule has 1 aromatic rings. The Morgan fingerprint density at radius 3 is 2.37 bits per heavy atom. The van der Waals surface area contributed by atoms with Gasteiger partial charge in [-0.15, -0.1) is 0 Å². The molecule has 1 rings (SSSR count). The third-order valence-electron chi connectivity index (χ3n) is 2.70. The third kappa shape index (κ3) is 6.13. The van der Waals surface area contributed by atoms with Crippen LogP contribution in [0.3, 0.4) is 0 Å². The molecular formula is C12H19NO5S. The smallest absolute Gasteiger partial charge is 0.264 e. The van der Waals surface area contributed by atoms with Gasteiger partial charge in [-0.3, -0.25) is 4.55 Å². The Balaban J connectivity index is 2.41. The summed E-state index contributed by atoms with van der Waals surface area (Å²) in [6, 6.07) is 5.38. The van der Waals surface area contributed by atoms with Crippen LogP contribution in [0.1, 0.15) is 23.1 Å². The molecule has 0 saturated carbocycles. The Morgan fingerprint density at radius 2 is 1.79 bits per heavy atom. The van der Waals surface area contributed by atoms with E-state index in [0.717, 1.165) is 5.56 Å². The largest absolute Gasteiger partial charge is 0.392 e. The van der Waals surface area contributed by atoms with E-state index in [1.54, 1.807) is 12.1 Å². The minimum absolute atomic E-state index is 0.113. The molecule has 0 aliphatic carbocycles. The summed E-state index contributed by atoms with van der Waals surface area (Å²) >= 11 is 0. The number of nitrogens with one attached hydrogen (secondary N) is 1. The van der Waals surface area contributed by atoms with Gasteiger partial charge in [0.1, 0.15) is 0 Å². The van der Waals surface area contributed by atoms with Crippen molar-refractivity contribution in [3.8, 4) is 0 Å². The van der Waals surface area contributed by atoms with E-state index in [1.165, 1.54) is 0 Å². The Morgan fingerprint density at radius 1 is 1.11 bits per heavy atom. The number of hydrogen-bond acceptors (Lipinski definition) is 5. The van der Waals surface area contributed by atoms with Gasteiger partial charge in [0.15, 0.2) is 0 Å². The van der Waals surface area contributed by atoms with Gasteiger partial charge in [-0.25, -0.2) is 0 Å². The molecule has 0 spiro atoms. The van der Waals surface area contributed by atoms with Gasteiger partial charge in [-0.2, -0.15) is 8.42 Å². The van der Waals surface area contributed by atoms with Crippen molar-refractivity contribution in [2.45, 2.75) is 26.2 Å². The average molecular weight is 289 g/mol. The van der Waals surface area contributed by atoms with Crippen molar-refractivity contribution in [3.05, 3.63) is 34.9 Å². The summed E-state index contributed by atoms with van der Waals surface area (Å²) < 4.78 is 29.5. The Kier molecular flexibility index (Phi) is 6.40. The lowest BCUT2D eigenvalue weighted by Gasteiger charge is -2.09. The quantitative estimate of drug-likeness (QED) is 0.397. The van der Waals surface area contributed by atoms with E-state index in [9.17, 15) is 8.42 Å². The Labute approximate surface area is 112 Å². The van der Waals surface area contributed by atoms with Gasteiger partial charge in [0.25, 0.3) is 10.1 Å². The molecule has 4 N–H and O–H groups in total. The molecule has 0 amide bonds. The van der Waals surface area contributed by atoms with E-state index in [1.807, 2.05) is 6.07 Å². The van der Waals surface area contributed by atoms with Crippen molar-refractivity contribution >= 4 is 10.1 Å². The predicted molar refractivity (Wildman–Crippen MR) is 71.0 cm³/mol. The van der Waals surface area contributed by atoms with Crippen LogP contribution in [-0.2, 0) is 29.9 Å². The van der Waals surface area contributed by atoms with Gasteiger partial charge >= 0.3 is 0 Å². The van der Waals surface area contributed by atoms with Crippen LogP contribution in [0, 0.1) is 0 Å². The SMILES string of the molecule is O=S(=O)(O)CCCNCc1ccc(CO)c(CO)c1. The highest BCUT2D eigenvalue weighted by Gasteiger charge is 2.04. The zero-order valence-corrected chi connectivity index (χ0v) is 11.4. The second-order valence-electron chi connectivity index (χ2n) is 4.24. The van der Waals surface area contributed by atoms with Crippen LogP contribution in [0.2, 0.25) is 0 Å². The van der Waals surface area contributed by atoms with Crippen molar-refractivity contribution in [2.75, 3.05) is 12.3 Å². The number of benzene rings is 1. The minimum Gasteiger partial charge on any atom is -0.392 e. The van der Waals surface area contributed by atoms with Gasteiger partial charge < -0.3 is 15.5 Å². The highest BCUT2D eigenvalue weighted by atomic mass is 32.2. The maximum Gasteiger partial charge on any atom is 0.264 e. The summed E-state index contributed by atoms with van der Waals surface area (Å²) in [5.74, 6) is -0.259. The van der Waals surface area contributed by atoms with Crippen LogP contribution in [0.25, 0.3) is 0 Å². The fraction of sp³-hybridized carbons (Fsp3) is 0.500. The summed E-state index contributed by atoms with van der Waals surface area (Å²) in [5.41, 5.74) is 2.31. The predicted octanol–water partition coefficient (Wildman–Crippen LogP) is 0.0387. The maximum absolute atomic E-state index is 10.5. The highest BCUT2D eigenvalue weighted by molar-refractivity contribution is 7.85. The molecular weight excluding hydrogens is 270 g/mol. The van der Waals surface area contributed by atoms with Crippen LogP contribution in [-0.4, -0.2) is 35.5 Å². The van der Waals surface area contributed by atoms with Crippen LogP contribution in [0.15, 0.2) is 18.2 Å². The standard InChI is InChI=1S/C12H19NO5S/c14-8-11-3-2-10(6-12(11)9-15)7-13-4-1-5-19(16,17)18/h2-3,6,13-15H,1,4-5,7-9H2,(H,16,17,18). The lowest BCUT2D eigenvalue weighted by Crippen LogP contribution is -2.18. The number of rotatable bonds is 8. The number of hydrogen-bond donors (Lipinski definition) is 4. The van der Waals surface area contributed by atoms with E-state index >= 15 is 0 Å². The fourth-order valence-corrected chi connectivity index (χ4v) is 2.21. The summed E-state index contributed by atoms with van der Waals surface area (Å²) in [6.45, 7) is 0.755. The minimum atomic E-state index is -3.89. The zero-order valence-electron chi connectivity index (χ0n) is 10.5.